The molecule has 2 N–H and O–H groups in total. The van der Waals surface area contributed by atoms with Crippen LogP contribution in [0.25, 0.3) is 0 Å². The first-order chi connectivity index (χ1) is 6.50. The minimum absolute atomic E-state index is 0.0134. The second-order valence-corrected chi connectivity index (χ2v) is 4.97. The van der Waals surface area contributed by atoms with Crippen LogP contribution in [-0.4, -0.2) is 16.0 Å². The molecule has 0 radical (unpaired) electrons. The lowest BCUT2D eigenvalue weighted by atomic mass is 10.3. The first kappa shape index (κ1) is 11.6. The van der Waals surface area contributed by atoms with Gasteiger partial charge < -0.3 is 5.73 Å². The molecule has 0 heterocycles. The summed E-state index contributed by atoms with van der Waals surface area (Å²) < 4.78 is 24.3. The van der Waals surface area contributed by atoms with Crippen LogP contribution >= 0.6 is 11.6 Å². The smallest absolute Gasteiger partial charge is 0.141 e. The summed E-state index contributed by atoms with van der Waals surface area (Å²) >= 11 is 5.55. The molecule has 1 rings (SSSR count). The molecule has 0 aromatic heterocycles. The van der Waals surface area contributed by atoms with E-state index >= 15 is 0 Å². The van der Waals surface area contributed by atoms with Crippen molar-refractivity contribution in [3.63, 3.8) is 0 Å². The van der Waals surface area contributed by atoms with Crippen LogP contribution in [0.15, 0.2) is 23.1 Å². The van der Waals surface area contributed by atoms with Crippen molar-refractivity contribution in [3.05, 3.63) is 29.0 Å². The zero-order valence-corrected chi connectivity index (χ0v) is 9.24. The first-order valence-corrected chi connectivity index (χ1v) is 5.79. The van der Waals surface area contributed by atoms with Crippen LogP contribution in [-0.2, 0) is 10.8 Å². The molecule has 0 aliphatic carbocycles. The zero-order valence-electron chi connectivity index (χ0n) is 7.67. The largest absolute Gasteiger partial charge is 0.327 e. The van der Waals surface area contributed by atoms with Gasteiger partial charge in [-0.25, -0.2) is 4.39 Å². The van der Waals surface area contributed by atoms with Crippen LogP contribution in [0, 0.1) is 5.82 Å². The van der Waals surface area contributed by atoms with E-state index in [1.165, 1.54) is 18.2 Å². The lowest BCUT2D eigenvalue weighted by Crippen LogP contribution is -2.22. The lowest BCUT2D eigenvalue weighted by Gasteiger charge is -2.05. The van der Waals surface area contributed by atoms with Crippen LogP contribution in [0.5, 0.6) is 0 Å². The van der Waals surface area contributed by atoms with E-state index in [1.807, 2.05) is 0 Å². The minimum Gasteiger partial charge on any atom is -0.327 e. The zero-order chi connectivity index (χ0) is 10.7. The summed E-state index contributed by atoms with van der Waals surface area (Å²) in [7, 11) is -1.21. The molecule has 0 bridgehead atoms. The second kappa shape index (κ2) is 4.87. The van der Waals surface area contributed by atoms with Gasteiger partial charge in [-0.2, -0.15) is 0 Å². The van der Waals surface area contributed by atoms with E-state index in [9.17, 15) is 8.60 Å². The van der Waals surface area contributed by atoms with E-state index in [0.29, 0.717) is 10.6 Å². The molecule has 0 aliphatic heterocycles. The van der Waals surface area contributed by atoms with Crippen molar-refractivity contribution in [2.75, 3.05) is 5.75 Å². The Morgan fingerprint density at radius 3 is 2.79 bits per heavy atom. The number of halogens is 2. The van der Waals surface area contributed by atoms with Gasteiger partial charge in [-0.3, -0.25) is 4.21 Å². The molecule has 1 aromatic carbocycles. The van der Waals surface area contributed by atoms with Crippen molar-refractivity contribution in [2.45, 2.75) is 17.9 Å². The average molecular weight is 236 g/mol. The predicted molar refractivity (Wildman–Crippen MR) is 56.3 cm³/mol. The van der Waals surface area contributed by atoms with Gasteiger partial charge in [0.15, 0.2) is 0 Å². The Morgan fingerprint density at radius 1 is 1.64 bits per heavy atom. The molecule has 2 atom stereocenters. The molecule has 78 valence electrons. The minimum atomic E-state index is -1.21. The number of nitrogens with two attached hydrogens (primary N) is 1. The molecule has 0 amide bonds. The maximum Gasteiger partial charge on any atom is 0.141 e. The first-order valence-electron chi connectivity index (χ1n) is 4.09. The van der Waals surface area contributed by atoms with Gasteiger partial charge in [0, 0.05) is 16.7 Å². The number of hydrogen-bond donors (Lipinski definition) is 1. The van der Waals surface area contributed by atoms with Gasteiger partial charge in [-0.05, 0) is 25.1 Å². The van der Waals surface area contributed by atoms with Crippen molar-refractivity contribution in [2.24, 2.45) is 5.73 Å². The van der Waals surface area contributed by atoms with E-state index in [-0.39, 0.29) is 11.1 Å². The normalized spacial score (nSPS) is 15.1. The quantitative estimate of drug-likeness (QED) is 0.870. The van der Waals surface area contributed by atoms with E-state index in [4.69, 9.17) is 17.3 Å². The Morgan fingerprint density at radius 2 is 2.29 bits per heavy atom. The highest BCUT2D eigenvalue weighted by molar-refractivity contribution is 7.85. The van der Waals surface area contributed by atoms with Gasteiger partial charge in [0.2, 0.25) is 0 Å². The van der Waals surface area contributed by atoms with Gasteiger partial charge in [0.1, 0.15) is 5.82 Å². The fourth-order valence-electron chi connectivity index (χ4n) is 0.953. The summed E-state index contributed by atoms with van der Waals surface area (Å²) in [5.74, 6) is -0.157. The fourth-order valence-corrected chi connectivity index (χ4v) is 2.34. The average Bonchev–Trinajstić information content (AvgIpc) is 2.08. The van der Waals surface area contributed by atoms with Crippen molar-refractivity contribution in [1.82, 2.24) is 0 Å². The Bertz CT molecular complexity index is 357. The standard InChI is InChI=1S/C9H11ClFNOS/c1-6(12)5-14(13)7-2-3-9(11)8(10)4-7/h2-4,6H,5,12H2,1H3. The highest BCUT2D eigenvalue weighted by Gasteiger charge is 2.08. The van der Waals surface area contributed by atoms with E-state index in [0.717, 1.165) is 0 Å². The molecule has 2 unspecified atom stereocenters. The SMILES string of the molecule is CC(N)CS(=O)c1ccc(F)c(Cl)c1. The molecule has 1 aromatic rings. The topological polar surface area (TPSA) is 43.1 Å². The third-order valence-corrected chi connectivity index (χ3v) is 3.47. The molecule has 14 heavy (non-hydrogen) atoms. The highest BCUT2D eigenvalue weighted by Crippen LogP contribution is 2.18. The Kier molecular flexibility index (Phi) is 4.04. The Hall–Kier alpha value is -0.450. The molecule has 0 saturated carbocycles. The highest BCUT2D eigenvalue weighted by atomic mass is 35.5. The third kappa shape index (κ3) is 3.04. The van der Waals surface area contributed by atoms with Crippen molar-refractivity contribution in [3.8, 4) is 0 Å². The van der Waals surface area contributed by atoms with E-state index in [1.54, 1.807) is 6.92 Å². The van der Waals surface area contributed by atoms with Crippen LogP contribution in [0.2, 0.25) is 5.02 Å². The van der Waals surface area contributed by atoms with Crippen molar-refractivity contribution < 1.29 is 8.60 Å². The molecule has 0 fully saturated rings. The van der Waals surface area contributed by atoms with Crippen LogP contribution < -0.4 is 5.73 Å². The molecular formula is C9H11ClFNOS. The van der Waals surface area contributed by atoms with E-state index in [2.05, 4.69) is 0 Å². The number of hydrogen-bond acceptors (Lipinski definition) is 2. The number of rotatable bonds is 3. The monoisotopic (exact) mass is 235 g/mol. The second-order valence-electron chi connectivity index (χ2n) is 3.07. The summed E-state index contributed by atoms with van der Waals surface area (Å²) in [6, 6.07) is 3.88. The van der Waals surface area contributed by atoms with Gasteiger partial charge in [-0.1, -0.05) is 11.6 Å². The van der Waals surface area contributed by atoms with Crippen LogP contribution in [0.4, 0.5) is 4.39 Å². The van der Waals surface area contributed by atoms with E-state index < -0.39 is 16.6 Å². The summed E-state index contributed by atoms with van der Waals surface area (Å²) in [6.07, 6.45) is 0. The summed E-state index contributed by atoms with van der Waals surface area (Å²) in [5, 5.41) is -0.0134. The maximum absolute atomic E-state index is 12.8. The number of benzene rings is 1. The molecule has 2 nitrogen and oxygen atoms in total. The van der Waals surface area contributed by atoms with Crippen molar-refractivity contribution >= 4 is 22.4 Å². The van der Waals surface area contributed by atoms with Crippen LogP contribution in [0.1, 0.15) is 6.92 Å². The van der Waals surface area contributed by atoms with Gasteiger partial charge >= 0.3 is 0 Å². The van der Waals surface area contributed by atoms with Crippen LogP contribution in [0.3, 0.4) is 0 Å². The molecule has 0 aliphatic rings. The third-order valence-electron chi connectivity index (χ3n) is 1.57. The summed E-state index contributed by atoms with van der Waals surface area (Å²) in [5.41, 5.74) is 5.50. The molecular weight excluding hydrogens is 225 g/mol. The van der Waals surface area contributed by atoms with Gasteiger partial charge in [0.05, 0.1) is 15.8 Å². The fraction of sp³-hybridized carbons (Fsp3) is 0.333. The Labute approximate surface area is 89.7 Å². The van der Waals surface area contributed by atoms with Crippen molar-refractivity contribution in [1.29, 1.82) is 0 Å². The summed E-state index contributed by atoms with van der Waals surface area (Å²) in [6.45, 7) is 1.77. The molecule has 0 saturated heterocycles. The Balaban J connectivity index is 2.86. The predicted octanol–water partition coefficient (Wildman–Crippen LogP) is 1.93. The van der Waals surface area contributed by atoms with Gasteiger partial charge in [-0.15, -0.1) is 0 Å². The summed E-state index contributed by atoms with van der Waals surface area (Å²) in [4.78, 5) is 0.508. The van der Waals surface area contributed by atoms with Gasteiger partial charge in [0.25, 0.3) is 0 Å². The molecule has 5 heteroatoms. The maximum atomic E-state index is 12.8. The molecule has 0 spiro atoms. The lowest BCUT2D eigenvalue weighted by molar-refractivity contribution is 0.626.